The SMILES string of the molecule is COCCOCCC(=O)N1C[C@H](OCCCCc2ccccc2)C[C@H]1C(=O)N[C@@H](CC(C)C)C(=O)N[C@@H](Cc1cnc[nH]1)C(=O)N[C@@H](C)C(=O)N[C@H](C(N)=O)[C@@H](C)CP(=O)(O)O. The largest absolute Gasteiger partial charge is 0.382 e. The van der Waals surface area contributed by atoms with E-state index in [-0.39, 0.29) is 50.7 Å². The van der Waals surface area contributed by atoms with Gasteiger partial charge in [-0.2, -0.15) is 0 Å². The van der Waals surface area contributed by atoms with Gasteiger partial charge in [-0.25, -0.2) is 4.98 Å². The number of unbranched alkanes of at least 4 members (excludes halogenated alkanes) is 1. The lowest BCUT2D eigenvalue weighted by atomic mass is 10.0. The molecule has 62 heavy (non-hydrogen) atoms. The minimum atomic E-state index is -4.56. The van der Waals surface area contributed by atoms with Crippen LogP contribution in [0.25, 0.3) is 0 Å². The predicted molar refractivity (Wildman–Crippen MR) is 227 cm³/mol. The van der Waals surface area contributed by atoms with E-state index in [1.165, 1.54) is 36.8 Å². The molecule has 6 amide bonds. The molecule has 20 nitrogen and oxygen atoms in total. The van der Waals surface area contributed by atoms with Crippen molar-refractivity contribution in [3.05, 3.63) is 54.1 Å². The Morgan fingerprint density at radius 1 is 0.919 bits per heavy atom. The number of hydrogen-bond acceptors (Lipinski definition) is 11. The highest BCUT2D eigenvalue weighted by atomic mass is 31.2. The number of ether oxygens (including phenoxy) is 3. The van der Waals surface area contributed by atoms with Gasteiger partial charge >= 0.3 is 7.60 Å². The first-order valence-corrected chi connectivity index (χ1v) is 22.7. The molecule has 346 valence electrons. The molecule has 3 rings (SSSR count). The average Bonchev–Trinajstić information content (AvgIpc) is 3.89. The number of nitrogens with one attached hydrogen (secondary N) is 5. The van der Waals surface area contributed by atoms with Gasteiger partial charge in [-0.1, -0.05) is 51.1 Å². The van der Waals surface area contributed by atoms with Gasteiger partial charge in [0.25, 0.3) is 0 Å². The van der Waals surface area contributed by atoms with Gasteiger partial charge in [-0.05, 0) is 50.0 Å². The number of aromatic amines is 1. The lowest BCUT2D eigenvalue weighted by Gasteiger charge is -2.28. The Hall–Kier alpha value is -4.72. The standard InChI is InChI=1S/C41H65N8O12P/c1-26(2)19-32(40(54)46-33(20-30-22-43-25-44-30)39(53)45-28(4)38(52)48-36(37(42)51)27(3)24-62(56,57)58)47-41(55)34-21-31(23-49(34)35(50)14-16-60-18-17-59-5)61-15-10-9-13-29-11-7-6-8-12-29/h6-8,11-12,22,25-28,31-34,36H,9-10,13-21,23-24H2,1-5H3,(H2,42,51)(H,43,44)(H,45,53)(H,46,54)(H,47,55)(H,48,52)(H2,56,57,58)/t27-,28-,31+,32-,33-,34-,36-/m0/s1. The second-order valence-corrected chi connectivity index (χ2v) is 17.8. The van der Waals surface area contributed by atoms with Gasteiger partial charge in [-0.15, -0.1) is 0 Å². The number of rotatable bonds is 28. The van der Waals surface area contributed by atoms with Gasteiger partial charge in [0.05, 0.1) is 44.8 Å². The summed E-state index contributed by atoms with van der Waals surface area (Å²) in [5.41, 5.74) is 7.11. The Morgan fingerprint density at radius 3 is 2.26 bits per heavy atom. The van der Waals surface area contributed by atoms with Crippen molar-refractivity contribution in [2.24, 2.45) is 17.6 Å². The first-order valence-electron chi connectivity index (χ1n) is 20.9. The van der Waals surface area contributed by atoms with Crippen LogP contribution in [0.1, 0.15) is 71.1 Å². The number of benzene rings is 1. The third-order valence-corrected chi connectivity index (χ3v) is 11.3. The number of aryl methyl sites for hydroxylation is 1. The quantitative estimate of drug-likeness (QED) is 0.0423. The van der Waals surface area contributed by atoms with Gasteiger partial charge in [0.2, 0.25) is 35.4 Å². The molecule has 1 aliphatic heterocycles. The highest BCUT2D eigenvalue weighted by Crippen LogP contribution is 2.37. The van der Waals surface area contributed by atoms with Crippen LogP contribution in [-0.2, 0) is 60.4 Å². The monoisotopic (exact) mass is 892 g/mol. The van der Waals surface area contributed by atoms with E-state index in [1.54, 1.807) is 7.11 Å². The number of imidazole rings is 1. The molecule has 1 aliphatic rings. The number of primary amides is 1. The number of likely N-dealkylation sites (tertiary alicyclic amines) is 1. The Bertz CT molecular complexity index is 1780. The van der Waals surface area contributed by atoms with Gasteiger partial charge in [0.15, 0.2) is 0 Å². The maximum absolute atomic E-state index is 14.1. The molecular weight excluding hydrogens is 827 g/mol. The summed E-state index contributed by atoms with van der Waals surface area (Å²) in [5, 5.41) is 10.4. The summed E-state index contributed by atoms with van der Waals surface area (Å²) in [6.07, 6.45) is 4.56. The smallest absolute Gasteiger partial charge is 0.325 e. The Kier molecular flexibility index (Phi) is 21.7. The van der Waals surface area contributed by atoms with Crippen molar-refractivity contribution in [3.8, 4) is 0 Å². The summed E-state index contributed by atoms with van der Waals surface area (Å²) in [6.45, 7) is 7.78. The number of amides is 6. The number of H-pyrrole nitrogens is 1. The highest BCUT2D eigenvalue weighted by molar-refractivity contribution is 7.51. The molecule has 0 bridgehead atoms. The number of nitrogens with zero attached hydrogens (tertiary/aromatic N) is 2. The number of carbonyl (C=O) groups excluding carboxylic acids is 6. The van der Waals surface area contributed by atoms with Gasteiger partial charge < -0.3 is 60.9 Å². The minimum Gasteiger partial charge on any atom is -0.382 e. The van der Waals surface area contributed by atoms with E-state index in [0.717, 1.165) is 19.3 Å². The maximum atomic E-state index is 14.1. The van der Waals surface area contributed by atoms with Crippen LogP contribution in [0.5, 0.6) is 0 Å². The second-order valence-electron chi connectivity index (χ2n) is 16.1. The summed E-state index contributed by atoms with van der Waals surface area (Å²) < 4.78 is 28.2. The van der Waals surface area contributed by atoms with E-state index in [2.05, 4.69) is 43.4 Å². The van der Waals surface area contributed by atoms with Crippen LogP contribution in [0, 0.1) is 11.8 Å². The Morgan fingerprint density at radius 2 is 1.63 bits per heavy atom. The molecule has 0 radical (unpaired) electrons. The summed E-state index contributed by atoms with van der Waals surface area (Å²) in [7, 11) is -3.02. The molecule has 0 aliphatic carbocycles. The normalized spacial score (nSPS) is 17.7. The minimum absolute atomic E-state index is 0.0175. The molecule has 21 heteroatoms. The third-order valence-electron chi connectivity index (χ3n) is 10.2. The van der Waals surface area contributed by atoms with Crippen LogP contribution < -0.4 is 27.0 Å². The predicted octanol–water partition coefficient (Wildman–Crippen LogP) is 0.319. The molecular formula is C41H65N8O12P. The van der Waals surface area contributed by atoms with Crippen molar-refractivity contribution in [2.45, 2.75) is 109 Å². The van der Waals surface area contributed by atoms with Crippen LogP contribution in [0.15, 0.2) is 42.9 Å². The van der Waals surface area contributed by atoms with E-state index in [9.17, 15) is 43.1 Å². The van der Waals surface area contributed by atoms with Crippen LogP contribution in [0.3, 0.4) is 0 Å². The van der Waals surface area contributed by atoms with E-state index in [0.29, 0.717) is 25.5 Å². The molecule has 7 atom stereocenters. The van der Waals surface area contributed by atoms with Crippen LogP contribution >= 0.6 is 7.60 Å². The zero-order valence-electron chi connectivity index (χ0n) is 36.2. The average molecular weight is 893 g/mol. The van der Waals surface area contributed by atoms with E-state index < -0.39 is 85.5 Å². The molecule has 1 aromatic heterocycles. The maximum Gasteiger partial charge on any atom is 0.325 e. The van der Waals surface area contributed by atoms with E-state index >= 15 is 0 Å². The van der Waals surface area contributed by atoms with Crippen LogP contribution in [0.2, 0.25) is 0 Å². The molecule has 0 spiro atoms. The molecule has 1 saturated heterocycles. The zero-order chi connectivity index (χ0) is 45.8. The third kappa shape index (κ3) is 18.3. The van der Waals surface area contributed by atoms with Gasteiger partial charge in [0, 0.05) is 45.0 Å². The fraction of sp³-hybridized carbons (Fsp3) is 0.634. The van der Waals surface area contributed by atoms with E-state index in [4.69, 9.17) is 19.9 Å². The fourth-order valence-corrected chi connectivity index (χ4v) is 7.98. The van der Waals surface area contributed by atoms with Crippen molar-refractivity contribution in [2.75, 3.05) is 46.2 Å². The molecule has 1 fully saturated rings. The Labute approximate surface area is 362 Å². The Balaban J connectivity index is 1.73. The number of nitrogens with two attached hydrogens (primary N) is 1. The molecule has 0 unspecified atom stereocenters. The zero-order valence-corrected chi connectivity index (χ0v) is 37.1. The number of carbonyl (C=O) groups is 6. The fourth-order valence-electron chi connectivity index (χ4n) is 7.02. The summed E-state index contributed by atoms with van der Waals surface area (Å²) in [6, 6.07) is 3.96. The van der Waals surface area contributed by atoms with Crippen molar-refractivity contribution in [3.63, 3.8) is 0 Å². The van der Waals surface area contributed by atoms with Gasteiger partial charge in [0.1, 0.15) is 30.2 Å². The van der Waals surface area contributed by atoms with Crippen molar-refractivity contribution in [1.82, 2.24) is 36.1 Å². The van der Waals surface area contributed by atoms with Crippen molar-refractivity contribution >= 4 is 43.0 Å². The first kappa shape index (κ1) is 51.6. The summed E-state index contributed by atoms with van der Waals surface area (Å²) in [5.74, 6) is -5.41. The molecule has 2 aromatic rings. The van der Waals surface area contributed by atoms with Crippen LogP contribution in [-0.4, -0.2) is 143 Å². The number of aromatic nitrogens is 2. The number of hydrogen-bond donors (Lipinski definition) is 8. The molecule has 2 heterocycles. The number of methoxy groups -OCH3 is 1. The second kappa shape index (κ2) is 26.0. The van der Waals surface area contributed by atoms with E-state index in [1.807, 2.05) is 32.0 Å². The van der Waals surface area contributed by atoms with Crippen molar-refractivity contribution in [1.29, 1.82) is 0 Å². The van der Waals surface area contributed by atoms with Crippen LogP contribution in [0.4, 0.5) is 0 Å². The molecule has 9 N–H and O–H groups in total. The lowest BCUT2D eigenvalue weighted by Crippen LogP contribution is -2.59. The molecule has 1 aromatic carbocycles. The lowest BCUT2D eigenvalue weighted by molar-refractivity contribution is -0.140. The molecule has 0 saturated carbocycles. The summed E-state index contributed by atoms with van der Waals surface area (Å²) in [4.78, 5) is 108. The highest BCUT2D eigenvalue weighted by Gasteiger charge is 2.41. The topological polar surface area (TPSA) is 294 Å². The van der Waals surface area contributed by atoms with Crippen molar-refractivity contribution < 1.29 is 57.3 Å². The first-order chi connectivity index (χ1) is 29.4. The van der Waals surface area contributed by atoms with Gasteiger partial charge in [-0.3, -0.25) is 33.3 Å². The summed E-state index contributed by atoms with van der Waals surface area (Å²) >= 11 is 0.